The van der Waals surface area contributed by atoms with Gasteiger partial charge in [-0.3, -0.25) is 9.59 Å². The van der Waals surface area contributed by atoms with Crippen LogP contribution in [0.15, 0.2) is 17.5 Å². The van der Waals surface area contributed by atoms with E-state index in [1.165, 1.54) is 19.3 Å². The van der Waals surface area contributed by atoms with Gasteiger partial charge < -0.3 is 10.2 Å². The number of likely N-dealkylation sites (tertiary alicyclic amines) is 1. The number of carbonyl (C=O) groups excluding carboxylic acids is 2. The fraction of sp³-hybridized carbons (Fsp3) is 0.625. The van der Waals surface area contributed by atoms with Gasteiger partial charge in [-0.25, -0.2) is 0 Å². The molecule has 0 spiro atoms. The Bertz CT molecular complexity index is 494. The Hall–Kier alpha value is -1.36. The molecule has 1 aliphatic heterocycles. The molecular weight excluding hydrogens is 284 g/mol. The van der Waals surface area contributed by atoms with Crippen LogP contribution in [0.1, 0.15) is 49.8 Å². The molecule has 114 valence electrons. The van der Waals surface area contributed by atoms with E-state index in [0.29, 0.717) is 19.4 Å². The lowest BCUT2D eigenvalue weighted by atomic mass is 9.93. The molecule has 2 aliphatic rings. The maximum absolute atomic E-state index is 12.4. The summed E-state index contributed by atoms with van der Waals surface area (Å²) >= 11 is 1.64. The average molecular weight is 306 g/mol. The van der Waals surface area contributed by atoms with E-state index in [1.54, 1.807) is 11.3 Å². The topological polar surface area (TPSA) is 49.4 Å². The van der Waals surface area contributed by atoms with Crippen LogP contribution in [0.5, 0.6) is 0 Å². The molecule has 0 radical (unpaired) electrons. The molecule has 1 aliphatic carbocycles. The van der Waals surface area contributed by atoms with Crippen molar-refractivity contribution >= 4 is 23.2 Å². The molecule has 2 heterocycles. The first-order valence-electron chi connectivity index (χ1n) is 7.87. The summed E-state index contributed by atoms with van der Waals surface area (Å²) in [4.78, 5) is 27.6. The van der Waals surface area contributed by atoms with Gasteiger partial charge in [0.2, 0.25) is 11.8 Å². The summed E-state index contributed by atoms with van der Waals surface area (Å²) in [7, 11) is 0. The third-order valence-electron chi connectivity index (χ3n) is 4.54. The smallest absolute Gasteiger partial charge is 0.243 e. The Morgan fingerprint density at radius 2 is 2.10 bits per heavy atom. The lowest BCUT2D eigenvalue weighted by molar-refractivity contribution is -0.138. The third kappa shape index (κ3) is 3.28. The van der Waals surface area contributed by atoms with Crippen LogP contribution in [0.3, 0.4) is 0 Å². The minimum absolute atomic E-state index is 0.0137. The molecule has 2 amide bonds. The minimum Gasteiger partial charge on any atom is -0.349 e. The predicted molar refractivity (Wildman–Crippen MR) is 82.9 cm³/mol. The molecule has 3 rings (SSSR count). The van der Waals surface area contributed by atoms with Crippen LogP contribution >= 0.6 is 11.3 Å². The summed E-state index contributed by atoms with van der Waals surface area (Å²) in [6, 6.07) is 4.04. The van der Waals surface area contributed by atoms with Crippen molar-refractivity contribution < 1.29 is 9.59 Å². The molecule has 1 aromatic rings. The zero-order chi connectivity index (χ0) is 14.7. The zero-order valence-electron chi connectivity index (χ0n) is 12.2. The number of hydrogen-bond acceptors (Lipinski definition) is 3. The number of rotatable bonds is 4. The molecule has 1 saturated heterocycles. The van der Waals surface area contributed by atoms with Crippen molar-refractivity contribution in [2.45, 2.75) is 63.6 Å². The van der Waals surface area contributed by atoms with E-state index in [-0.39, 0.29) is 23.9 Å². The second kappa shape index (κ2) is 6.60. The van der Waals surface area contributed by atoms with Crippen LogP contribution in [0.25, 0.3) is 0 Å². The van der Waals surface area contributed by atoms with Gasteiger partial charge in [0.1, 0.15) is 6.04 Å². The second-order valence-corrected chi connectivity index (χ2v) is 6.98. The lowest BCUT2D eigenvalue weighted by Crippen LogP contribution is -2.49. The van der Waals surface area contributed by atoms with Gasteiger partial charge in [-0.1, -0.05) is 25.3 Å². The first-order chi connectivity index (χ1) is 10.3. The quantitative estimate of drug-likeness (QED) is 0.930. The number of carbonyl (C=O) groups is 2. The highest BCUT2D eigenvalue weighted by Crippen LogP contribution is 2.30. The Morgan fingerprint density at radius 3 is 2.81 bits per heavy atom. The molecule has 0 aromatic carbocycles. The molecule has 1 N–H and O–H groups in total. The number of thiophene rings is 1. The maximum Gasteiger partial charge on any atom is 0.243 e. The zero-order valence-corrected chi connectivity index (χ0v) is 13.0. The normalized spacial score (nSPS) is 23.5. The summed E-state index contributed by atoms with van der Waals surface area (Å²) in [5.74, 6) is 0.179. The van der Waals surface area contributed by atoms with E-state index < -0.39 is 0 Å². The Labute approximate surface area is 129 Å². The van der Waals surface area contributed by atoms with Crippen LogP contribution in [0, 0.1) is 0 Å². The van der Waals surface area contributed by atoms with E-state index in [9.17, 15) is 9.59 Å². The molecule has 1 aromatic heterocycles. The SMILES string of the molecule is O=C(NCc1cccs1)C1CCC(=O)N1C1CCCCC1. The number of nitrogens with one attached hydrogen (secondary N) is 1. The van der Waals surface area contributed by atoms with E-state index >= 15 is 0 Å². The Kier molecular flexibility index (Phi) is 4.58. The summed E-state index contributed by atoms with van der Waals surface area (Å²) in [6.45, 7) is 0.569. The molecule has 21 heavy (non-hydrogen) atoms. The summed E-state index contributed by atoms with van der Waals surface area (Å²) in [5.41, 5.74) is 0. The van der Waals surface area contributed by atoms with Crippen molar-refractivity contribution in [3.8, 4) is 0 Å². The van der Waals surface area contributed by atoms with Crippen LogP contribution in [0.2, 0.25) is 0 Å². The Morgan fingerprint density at radius 1 is 1.29 bits per heavy atom. The van der Waals surface area contributed by atoms with E-state index in [0.717, 1.165) is 17.7 Å². The van der Waals surface area contributed by atoms with Gasteiger partial charge >= 0.3 is 0 Å². The van der Waals surface area contributed by atoms with E-state index in [1.807, 2.05) is 22.4 Å². The predicted octanol–water partition coefficient (Wildman–Crippen LogP) is 2.69. The van der Waals surface area contributed by atoms with Gasteiger partial charge in [0.25, 0.3) is 0 Å². The summed E-state index contributed by atoms with van der Waals surface area (Å²) in [5, 5.41) is 5.00. The molecule has 1 unspecified atom stereocenters. The number of nitrogens with zero attached hydrogens (tertiary/aromatic N) is 1. The van der Waals surface area contributed by atoms with Gasteiger partial charge in [0.15, 0.2) is 0 Å². The van der Waals surface area contributed by atoms with Crippen molar-refractivity contribution in [3.63, 3.8) is 0 Å². The summed E-state index contributed by atoms with van der Waals surface area (Å²) < 4.78 is 0. The largest absolute Gasteiger partial charge is 0.349 e. The van der Waals surface area contributed by atoms with Gasteiger partial charge in [-0.2, -0.15) is 0 Å². The van der Waals surface area contributed by atoms with Crippen LogP contribution in [-0.2, 0) is 16.1 Å². The first kappa shape index (κ1) is 14.6. The van der Waals surface area contributed by atoms with E-state index in [4.69, 9.17) is 0 Å². The molecule has 1 atom stereocenters. The molecule has 5 heteroatoms. The number of hydrogen-bond donors (Lipinski definition) is 1. The lowest BCUT2D eigenvalue weighted by Gasteiger charge is -2.35. The first-order valence-corrected chi connectivity index (χ1v) is 8.75. The standard InChI is InChI=1S/C16H22N2O2S/c19-15-9-8-14(18(15)12-5-2-1-3-6-12)16(20)17-11-13-7-4-10-21-13/h4,7,10,12,14H,1-3,5-6,8-9,11H2,(H,17,20). The van der Waals surface area contributed by atoms with Gasteiger partial charge in [-0.05, 0) is 30.7 Å². The average Bonchev–Trinajstić information content (AvgIpc) is 3.15. The van der Waals surface area contributed by atoms with Crippen LogP contribution < -0.4 is 5.32 Å². The highest BCUT2D eigenvalue weighted by atomic mass is 32.1. The maximum atomic E-state index is 12.4. The van der Waals surface area contributed by atoms with Crippen LogP contribution in [-0.4, -0.2) is 28.8 Å². The highest BCUT2D eigenvalue weighted by Gasteiger charge is 2.40. The molecule has 2 fully saturated rings. The second-order valence-electron chi connectivity index (χ2n) is 5.94. The van der Waals surface area contributed by atoms with E-state index in [2.05, 4.69) is 5.32 Å². The fourth-order valence-electron chi connectivity index (χ4n) is 3.48. The van der Waals surface area contributed by atoms with Crippen molar-refractivity contribution in [2.24, 2.45) is 0 Å². The third-order valence-corrected chi connectivity index (χ3v) is 5.42. The van der Waals surface area contributed by atoms with Crippen molar-refractivity contribution in [3.05, 3.63) is 22.4 Å². The fourth-order valence-corrected chi connectivity index (χ4v) is 4.13. The van der Waals surface area contributed by atoms with Gasteiger partial charge in [-0.15, -0.1) is 11.3 Å². The molecular formula is C16H22N2O2S. The van der Waals surface area contributed by atoms with Crippen molar-refractivity contribution in [1.29, 1.82) is 0 Å². The summed E-state index contributed by atoms with van der Waals surface area (Å²) in [6.07, 6.45) is 6.92. The van der Waals surface area contributed by atoms with Gasteiger partial charge in [0.05, 0.1) is 6.54 Å². The van der Waals surface area contributed by atoms with Crippen molar-refractivity contribution in [2.75, 3.05) is 0 Å². The highest BCUT2D eigenvalue weighted by molar-refractivity contribution is 7.09. The monoisotopic (exact) mass is 306 g/mol. The number of amides is 2. The van der Waals surface area contributed by atoms with Crippen LogP contribution in [0.4, 0.5) is 0 Å². The molecule has 1 saturated carbocycles. The van der Waals surface area contributed by atoms with Gasteiger partial charge in [0, 0.05) is 17.3 Å². The minimum atomic E-state index is -0.249. The molecule has 0 bridgehead atoms. The Balaban J connectivity index is 1.61. The van der Waals surface area contributed by atoms with Crippen molar-refractivity contribution in [1.82, 2.24) is 10.2 Å². The molecule has 4 nitrogen and oxygen atoms in total.